The molecule has 6 nitrogen and oxygen atoms in total. The van der Waals surface area contributed by atoms with Crippen LogP contribution >= 0.6 is 0 Å². The van der Waals surface area contributed by atoms with E-state index in [4.69, 9.17) is 9.47 Å². The fourth-order valence-electron chi connectivity index (χ4n) is 3.97. The first-order valence-electron chi connectivity index (χ1n) is 11.9. The average Bonchev–Trinajstić information content (AvgIpc) is 3.19. The summed E-state index contributed by atoms with van der Waals surface area (Å²) in [6.07, 6.45) is 3.33. The number of amides is 1. The van der Waals surface area contributed by atoms with E-state index in [9.17, 15) is 4.79 Å². The van der Waals surface area contributed by atoms with Crippen molar-refractivity contribution in [2.24, 2.45) is 0 Å². The number of nitrogens with one attached hydrogen (secondary N) is 1. The lowest BCUT2D eigenvalue weighted by Crippen LogP contribution is -2.21. The Labute approximate surface area is 212 Å². The highest BCUT2D eigenvalue weighted by atomic mass is 16.5. The molecule has 1 N–H and O–H groups in total. The summed E-state index contributed by atoms with van der Waals surface area (Å²) in [7, 11) is 1.64. The maximum atomic E-state index is 12.6. The van der Waals surface area contributed by atoms with Crippen molar-refractivity contribution in [3.05, 3.63) is 113 Å². The van der Waals surface area contributed by atoms with Crippen molar-refractivity contribution in [2.75, 3.05) is 7.11 Å². The molecule has 0 aliphatic carbocycles. The molecule has 0 aliphatic heterocycles. The SMILES string of the molecule is COc1ccc(/C=C/C(=O)NCc2c(C)nn(-c3ccccc3)c2C)cc1COc1ccc(C)cc1. The Morgan fingerprint density at radius 3 is 2.47 bits per heavy atom. The van der Waals surface area contributed by atoms with Crippen molar-refractivity contribution in [3.63, 3.8) is 0 Å². The summed E-state index contributed by atoms with van der Waals surface area (Å²) in [6, 6.07) is 23.7. The molecule has 0 unspecified atom stereocenters. The van der Waals surface area contributed by atoms with Crippen LogP contribution in [0.5, 0.6) is 11.5 Å². The molecule has 184 valence electrons. The number of aryl methyl sites for hydroxylation is 2. The third kappa shape index (κ3) is 6.02. The first-order chi connectivity index (χ1) is 17.4. The van der Waals surface area contributed by atoms with Crippen LogP contribution < -0.4 is 14.8 Å². The van der Waals surface area contributed by atoms with Gasteiger partial charge in [-0.2, -0.15) is 5.10 Å². The average molecular weight is 482 g/mol. The van der Waals surface area contributed by atoms with Gasteiger partial charge in [-0.25, -0.2) is 4.68 Å². The van der Waals surface area contributed by atoms with E-state index in [1.165, 1.54) is 5.56 Å². The normalized spacial score (nSPS) is 11.0. The number of ether oxygens (including phenoxy) is 2. The molecule has 0 aliphatic rings. The van der Waals surface area contributed by atoms with E-state index >= 15 is 0 Å². The molecule has 3 aromatic carbocycles. The summed E-state index contributed by atoms with van der Waals surface area (Å²) in [6.45, 7) is 6.79. The Balaban J connectivity index is 1.39. The predicted molar refractivity (Wildman–Crippen MR) is 142 cm³/mol. The zero-order valence-electron chi connectivity index (χ0n) is 21.1. The molecule has 6 heteroatoms. The van der Waals surface area contributed by atoms with Crippen LogP contribution in [0.4, 0.5) is 0 Å². The summed E-state index contributed by atoms with van der Waals surface area (Å²) >= 11 is 0. The summed E-state index contributed by atoms with van der Waals surface area (Å²) in [5.41, 5.74) is 6.89. The van der Waals surface area contributed by atoms with Gasteiger partial charge in [0, 0.05) is 29.4 Å². The van der Waals surface area contributed by atoms with E-state index in [-0.39, 0.29) is 5.91 Å². The van der Waals surface area contributed by atoms with Crippen LogP contribution in [0.2, 0.25) is 0 Å². The number of carbonyl (C=O) groups is 1. The van der Waals surface area contributed by atoms with Gasteiger partial charge in [0.05, 0.1) is 18.5 Å². The molecule has 0 spiro atoms. The summed E-state index contributed by atoms with van der Waals surface area (Å²) in [4.78, 5) is 12.6. The van der Waals surface area contributed by atoms with Crippen LogP contribution in [0, 0.1) is 20.8 Å². The Bertz CT molecular complexity index is 1360. The molecular weight excluding hydrogens is 450 g/mol. The predicted octanol–water partition coefficient (Wildman–Crippen LogP) is 5.71. The number of rotatable bonds is 9. The van der Waals surface area contributed by atoms with Crippen LogP contribution in [0.25, 0.3) is 11.8 Å². The number of hydrogen-bond donors (Lipinski definition) is 1. The van der Waals surface area contributed by atoms with E-state index in [1.807, 2.05) is 98.2 Å². The number of carbonyl (C=O) groups excluding carboxylic acids is 1. The Hall–Kier alpha value is -4.32. The van der Waals surface area contributed by atoms with Gasteiger partial charge >= 0.3 is 0 Å². The number of hydrogen-bond acceptors (Lipinski definition) is 4. The third-order valence-corrected chi connectivity index (χ3v) is 6.03. The number of benzene rings is 3. The Morgan fingerprint density at radius 2 is 1.75 bits per heavy atom. The molecule has 0 bridgehead atoms. The van der Waals surface area contributed by atoms with Gasteiger partial charge in [-0.1, -0.05) is 42.0 Å². The molecule has 0 fully saturated rings. The van der Waals surface area contributed by atoms with Crippen molar-refractivity contribution in [2.45, 2.75) is 33.9 Å². The fourth-order valence-corrected chi connectivity index (χ4v) is 3.97. The zero-order chi connectivity index (χ0) is 25.5. The van der Waals surface area contributed by atoms with Crippen molar-refractivity contribution < 1.29 is 14.3 Å². The van der Waals surface area contributed by atoms with Crippen LogP contribution in [0.3, 0.4) is 0 Å². The molecule has 0 saturated carbocycles. The maximum Gasteiger partial charge on any atom is 0.244 e. The second-order valence-corrected chi connectivity index (χ2v) is 8.62. The summed E-state index contributed by atoms with van der Waals surface area (Å²) < 4.78 is 13.3. The molecule has 0 atom stereocenters. The maximum absolute atomic E-state index is 12.6. The van der Waals surface area contributed by atoms with E-state index < -0.39 is 0 Å². The van der Waals surface area contributed by atoms with Crippen LogP contribution in [-0.2, 0) is 17.9 Å². The van der Waals surface area contributed by atoms with Crippen molar-refractivity contribution in [3.8, 4) is 17.2 Å². The highest BCUT2D eigenvalue weighted by Crippen LogP contribution is 2.23. The van der Waals surface area contributed by atoms with Gasteiger partial charge in [-0.3, -0.25) is 4.79 Å². The van der Waals surface area contributed by atoms with Crippen LogP contribution in [0.1, 0.15) is 33.6 Å². The second kappa shape index (κ2) is 11.4. The lowest BCUT2D eigenvalue weighted by atomic mass is 10.1. The van der Waals surface area contributed by atoms with Gasteiger partial charge in [-0.05, 0) is 68.8 Å². The van der Waals surface area contributed by atoms with Crippen molar-refractivity contribution in [1.29, 1.82) is 0 Å². The van der Waals surface area contributed by atoms with Gasteiger partial charge in [0.15, 0.2) is 0 Å². The molecule has 4 rings (SSSR count). The largest absolute Gasteiger partial charge is 0.496 e. The minimum atomic E-state index is -0.172. The minimum absolute atomic E-state index is 0.172. The number of methoxy groups -OCH3 is 1. The van der Waals surface area contributed by atoms with Gasteiger partial charge in [0.2, 0.25) is 5.91 Å². The topological polar surface area (TPSA) is 65.4 Å². The van der Waals surface area contributed by atoms with Gasteiger partial charge < -0.3 is 14.8 Å². The monoisotopic (exact) mass is 481 g/mol. The quantitative estimate of drug-likeness (QED) is 0.311. The molecule has 36 heavy (non-hydrogen) atoms. The first-order valence-corrected chi connectivity index (χ1v) is 11.9. The lowest BCUT2D eigenvalue weighted by molar-refractivity contribution is -0.116. The standard InChI is InChI=1S/C30H31N3O3/c1-21-10-14-27(15-11-21)36-20-25-18-24(12-16-29(25)35-4)13-17-30(34)31-19-28-22(2)32-33(23(28)3)26-8-6-5-7-9-26/h5-18H,19-20H2,1-4H3,(H,31,34)/b17-13+. The van der Waals surface area contributed by atoms with E-state index in [0.29, 0.717) is 13.2 Å². The fraction of sp³-hybridized carbons (Fsp3) is 0.200. The molecular formula is C30H31N3O3. The molecule has 0 saturated heterocycles. The first kappa shape index (κ1) is 24.8. The highest BCUT2D eigenvalue weighted by molar-refractivity contribution is 5.91. The Morgan fingerprint density at radius 1 is 1.00 bits per heavy atom. The molecule has 4 aromatic rings. The lowest BCUT2D eigenvalue weighted by Gasteiger charge is -2.11. The van der Waals surface area contributed by atoms with E-state index in [0.717, 1.165) is 45.3 Å². The molecule has 1 aromatic heterocycles. The minimum Gasteiger partial charge on any atom is -0.496 e. The van der Waals surface area contributed by atoms with E-state index in [1.54, 1.807) is 19.3 Å². The number of aromatic nitrogens is 2. The second-order valence-electron chi connectivity index (χ2n) is 8.62. The van der Waals surface area contributed by atoms with Crippen molar-refractivity contribution >= 4 is 12.0 Å². The smallest absolute Gasteiger partial charge is 0.244 e. The zero-order valence-corrected chi connectivity index (χ0v) is 21.1. The Kier molecular flexibility index (Phi) is 7.85. The van der Waals surface area contributed by atoms with Gasteiger partial charge in [0.25, 0.3) is 0 Å². The summed E-state index contributed by atoms with van der Waals surface area (Å²) in [5.74, 6) is 1.36. The van der Waals surface area contributed by atoms with Crippen LogP contribution in [-0.4, -0.2) is 22.8 Å². The molecule has 1 heterocycles. The molecule has 1 amide bonds. The van der Waals surface area contributed by atoms with Crippen LogP contribution in [0.15, 0.2) is 78.9 Å². The number of nitrogens with zero attached hydrogens (tertiary/aromatic N) is 2. The van der Waals surface area contributed by atoms with E-state index in [2.05, 4.69) is 10.4 Å². The van der Waals surface area contributed by atoms with Gasteiger partial charge in [-0.15, -0.1) is 0 Å². The summed E-state index contributed by atoms with van der Waals surface area (Å²) in [5, 5.41) is 7.62. The molecule has 0 radical (unpaired) electrons. The van der Waals surface area contributed by atoms with Crippen molar-refractivity contribution in [1.82, 2.24) is 15.1 Å². The highest BCUT2D eigenvalue weighted by Gasteiger charge is 2.13. The number of para-hydroxylation sites is 1. The third-order valence-electron chi connectivity index (χ3n) is 6.03. The van der Waals surface area contributed by atoms with Gasteiger partial charge in [0.1, 0.15) is 18.1 Å².